The number of hydrogen-bond acceptors (Lipinski definition) is 6. The predicted octanol–water partition coefficient (Wildman–Crippen LogP) is 3.14. The number of pyridine rings is 1. The molecular weight excluding hydrogens is 428 g/mol. The minimum Gasteiger partial charge on any atom is -0.484 e. The van der Waals surface area contributed by atoms with Crippen LogP contribution in [0.4, 0.5) is 0 Å². The topological polar surface area (TPSA) is 85.2 Å². The number of carbonyl (C=O) groups excluding carboxylic acids is 1. The molecule has 0 saturated carbocycles. The van der Waals surface area contributed by atoms with Gasteiger partial charge in [0.25, 0.3) is 5.91 Å². The molecule has 1 atom stereocenters. The summed E-state index contributed by atoms with van der Waals surface area (Å²) in [6.45, 7) is 5.32. The average molecular weight is 457 g/mol. The van der Waals surface area contributed by atoms with E-state index in [1.807, 2.05) is 49.5 Å². The van der Waals surface area contributed by atoms with Crippen LogP contribution in [0, 0.1) is 0 Å². The van der Waals surface area contributed by atoms with Gasteiger partial charge in [0.15, 0.2) is 12.4 Å². The lowest BCUT2D eigenvalue weighted by Crippen LogP contribution is -2.33. The number of fused-ring (bicyclic) bond motifs is 2. The predicted molar refractivity (Wildman–Crippen MR) is 129 cm³/mol. The van der Waals surface area contributed by atoms with Crippen LogP contribution in [0.5, 0.6) is 5.75 Å². The molecule has 5 rings (SSSR count). The van der Waals surface area contributed by atoms with Crippen molar-refractivity contribution >= 4 is 16.8 Å². The number of hydrogen-bond donors (Lipinski definition) is 1. The zero-order valence-electron chi connectivity index (χ0n) is 19.2. The van der Waals surface area contributed by atoms with Gasteiger partial charge in [0.05, 0.1) is 11.6 Å². The Kier molecular flexibility index (Phi) is 6.49. The number of rotatable bonds is 7. The molecule has 34 heavy (non-hydrogen) atoms. The van der Waals surface area contributed by atoms with Crippen molar-refractivity contribution in [2.45, 2.75) is 32.5 Å². The molecule has 3 heterocycles. The monoisotopic (exact) mass is 456 g/mol. The molecule has 0 fully saturated rings. The van der Waals surface area contributed by atoms with E-state index in [-0.39, 0.29) is 18.6 Å². The highest BCUT2D eigenvalue weighted by atomic mass is 16.5. The van der Waals surface area contributed by atoms with Crippen molar-refractivity contribution in [1.29, 1.82) is 0 Å². The molecule has 2 aromatic heterocycles. The van der Waals surface area contributed by atoms with Crippen molar-refractivity contribution in [1.82, 2.24) is 30.0 Å². The summed E-state index contributed by atoms with van der Waals surface area (Å²) in [5.41, 5.74) is 2.30. The molecule has 0 bridgehead atoms. The Morgan fingerprint density at radius 2 is 1.85 bits per heavy atom. The number of nitrogens with zero attached hydrogens (tertiary/aromatic N) is 5. The highest BCUT2D eigenvalue weighted by Gasteiger charge is 2.23. The maximum Gasteiger partial charge on any atom is 0.258 e. The van der Waals surface area contributed by atoms with Crippen molar-refractivity contribution in [3.8, 4) is 5.75 Å². The third kappa shape index (κ3) is 4.92. The number of benzene rings is 2. The Labute approximate surface area is 198 Å². The highest BCUT2D eigenvalue weighted by Crippen LogP contribution is 2.20. The van der Waals surface area contributed by atoms with Crippen LogP contribution in [0.3, 0.4) is 0 Å². The fraction of sp³-hybridized carbons (Fsp3) is 0.308. The summed E-state index contributed by atoms with van der Waals surface area (Å²) in [7, 11) is 0. The van der Waals surface area contributed by atoms with E-state index in [9.17, 15) is 4.79 Å². The van der Waals surface area contributed by atoms with E-state index in [4.69, 9.17) is 4.74 Å². The number of para-hydroxylation sites is 2. The average Bonchev–Trinajstić information content (AvgIpc) is 3.18. The Balaban J connectivity index is 1.21. The molecule has 8 heteroatoms. The number of nitrogens with one attached hydrogen (secondary N) is 1. The fourth-order valence-electron chi connectivity index (χ4n) is 4.41. The molecule has 8 nitrogen and oxygen atoms in total. The van der Waals surface area contributed by atoms with Gasteiger partial charge in [0, 0.05) is 44.2 Å². The number of aromatic nitrogens is 4. The molecule has 1 aliphatic rings. The Morgan fingerprint density at radius 1 is 1.03 bits per heavy atom. The lowest BCUT2D eigenvalue weighted by atomic mass is 10.1. The molecule has 0 radical (unpaired) electrons. The maximum atomic E-state index is 12.4. The van der Waals surface area contributed by atoms with Gasteiger partial charge < -0.3 is 14.6 Å². The van der Waals surface area contributed by atoms with Crippen molar-refractivity contribution in [2.24, 2.45) is 0 Å². The molecule has 4 aromatic rings. The molecule has 0 spiro atoms. The van der Waals surface area contributed by atoms with Gasteiger partial charge in [-0.05, 0) is 36.8 Å². The first-order valence-corrected chi connectivity index (χ1v) is 11.6. The lowest BCUT2D eigenvalue weighted by molar-refractivity contribution is -0.123. The van der Waals surface area contributed by atoms with Crippen molar-refractivity contribution in [3.63, 3.8) is 0 Å². The van der Waals surface area contributed by atoms with Crippen LogP contribution in [0.1, 0.15) is 30.2 Å². The standard InChI is InChI=1S/C26H28N6O2/c1-19(28-25(33)18-34-21-7-3-2-4-8-21)26-30-29-24-12-14-31(15-16-32(24)26)17-20-11-13-27-23-10-6-5-9-22(20)23/h2-11,13,19H,12,14-18H2,1H3,(H,28,33). The minimum absolute atomic E-state index is 0.0387. The zero-order chi connectivity index (χ0) is 23.3. The van der Waals surface area contributed by atoms with E-state index in [2.05, 4.69) is 54.2 Å². The largest absolute Gasteiger partial charge is 0.484 e. The molecule has 2 aromatic carbocycles. The van der Waals surface area contributed by atoms with E-state index < -0.39 is 0 Å². The van der Waals surface area contributed by atoms with Gasteiger partial charge >= 0.3 is 0 Å². The molecule has 0 saturated heterocycles. The molecule has 1 unspecified atom stereocenters. The SMILES string of the molecule is CC(NC(=O)COc1ccccc1)c1nnc2n1CCN(Cc1ccnc3ccccc13)CC2. The second kappa shape index (κ2) is 10.0. The molecule has 0 aliphatic carbocycles. The summed E-state index contributed by atoms with van der Waals surface area (Å²) >= 11 is 0. The summed E-state index contributed by atoms with van der Waals surface area (Å²) in [6.07, 6.45) is 2.70. The molecular formula is C26H28N6O2. The summed E-state index contributed by atoms with van der Waals surface area (Å²) in [5.74, 6) is 2.22. The smallest absolute Gasteiger partial charge is 0.258 e. The van der Waals surface area contributed by atoms with Crippen LogP contribution in [0.2, 0.25) is 0 Å². The highest BCUT2D eigenvalue weighted by molar-refractivity contribution is 5.81. The summed E-state index contributed by atoms with van der Waals surface area (Å²) in [4.78, 5) is 19.3. The second-order valence-corrected chi connectivity index (χ2v) is 8.53. The lowest BCUT2D eigenvalue weighted by Gasteiger charge is -2.21. The fourth-order valence-corrected chi connectivity index (χ4v) is 4.41. The third-order valence-corrected chi connectivity index (χ3v) is 6.16. The quantitative estimate of drug-likeness (QED) is 0.460. The Hall–Kier alpha value is -3.78. The van der Waals surface area contributed by atoms with Gasteiger partial charge in [0.1, 0.15) is 11.6 Å². The normalized spacial score (nSPS) is 14.9. The number of ether oxygens (including phenoxy) is 1. The summed E-state index contributed by atoms with van der Waals surface area (Å²) in [6, 6.07) is 19.4. The zero-order valence-corrected chi connectivity index (χ0v) is 19.2. The van der Waals surface area contributed by atoms with Crippen LogP contribution in [-0.2, 0) is 24.3 Å². The first-order valence-electron chi connectivity index (χ1n) is 11.6. The van der Waals surface area contributed by atoms with Crippen LogP contribution < -0.4 is 10.1 Å². The van der Waals surface area contributed by atoms with Crippen LogP contribution in [0.15, 0.2) is 66.9 Å². The molecule has 1 aliphatic heterocycles. The van der Waals surface area contributed by atoms with Gasteiger partial charge in [-0.3, -0.25) is 14.7 Å². The van der Waals surface area contributed by atoms with Gasteiger partial charge in [-0.1, -0.05) is 36.4 Å². The van der Waals surface area contributed by atoms with Crippen LogP contribution >= 0.6 is 0 Å². The summed E-state index contributed by atoms with van der Waals surface area (Å²) < 4.78 is 7.70. The Bertz CT molecular complexity index is 1270. The van der Waals surface area contributed by atoms with E-state index in [1.165, 1.54) is 10.9 Å². The van der Waals surface area contributed by atoms with E-state index in [0.717, 1.165) is 49.8 Å². The summed E-state index contributed by atoms with van der Waals surface area (Å²) in [5, 5.41) is 13.0. The molecule has 174 valence electrons. The minimum atomic E-state index is -0.260. The molecule has 1 amide bonds. The van der Waals surface area contributed by atoms with Crippen molar-refractivity contribution in [3.05, 3.63) is 84.1 Å². The van der Waals surface area contributed by atoms with Crippen LogP contribution in [-0.4, -0.2) is 50.3 Å². The van der Waals surface area contributed by atoms with Gasteiger partial charge in [0.2, 0.25) is 0 Å². The van der Waals surface area contributed by atoms with Crippen molar-refractivity contribution < 1.29 is 9.53 Å². The maximum absolute atomic E-state index is 12.4. The second-order valence-electron chi connectivity index (χ2n) is 8.53. The number of amides is 1. The van der Waals surface area contributed by atoms with Gasteiger partial charge in [-0.15, -0.1) is 10.2 Å². The van der Waals surface area contributed by atoms with E-state index in [0.29, 0.717) is 5.75 Å². The Morgan fingerprint density at radius 3 is 2.74 bits per heavy atom. The van der Waals surface area contributed by atoms with E-state index in [1.54, 1.807) is 0 Å². The first kappa shape index (κ1) is 22.0. The number of carbonyl (C=O) groups is 1. The molecule has 1 N–H and O–H groups in total. The van der Waals surface area contributed by atoms with Crippen LogP contribution in [0.25, 0.3) is 10.9 Å². The first-order chi connectivity index (χ1) is 16.7. The van der Waals surface area contributed by atoms with Crippen molar-refractivity contribution in [2.75, 3.05) is 19.7 Å². The van der Waals surface area contributed by atoms with Gasteiger partial charge in [-0.25, -0.2) is 0 Å². The van der Waals surface area contributed by atoms with E-state index >= 15 is 0 Å². The van der Waals surface area contributed by atoms with Gasteiger partial charge in [-0.2, -0.15) is 0 Å². The third-order valence-electron chi connectivity index (χ3n) is 6.16.